The smallest absolute Gasteiger partial charge is 0.342 e. The van der Waals surface area contributed by atoms with Crippen molar-refractivity contribution >= 4 is 5.97 Å². The molecule has 0 unspecified atom stereocenters. The molecule has 0 saturated heterocycles. The van der Waals surface area contributed by atoms with Crippen LogP contribution in [0.1, 0.15) is 27.6 Å². The number of aryl methyl sites for hydroxylation is 1. The number of methoxy groups -OCH3 is 1. The Kier molecular flexibility index (Phi) is 5.48. The van der Waals surface area contributed by atoms with Crippen LogP contribution in [-0.2, 0) is 11.3 Å². The highest BCUT2D eigenvalue weighted by Gasteiger charge is 2.22. The van der Waals surface area contributed by atoms with E-state index in [-0.39, 0.29) is 18.2 Å². The maximum absolute atomic E-state index is 13.2. The van der Waals surface area contributed by atoms with Crippen molar-refractivity contribution < 1.29 is 23.2 Å². The zero-order valence-corrected chi connectivity index (χ0v) is 17.1. The Hall–Kier alpha value is -4.01. The summed E-state index contributed by atoms with van der Waals surface area (Å²) in [5, 5.41) is 8.23. The van der Waals surface area contributed by atoms with Gasteiger partial charge in [-0.1, -0.05) is 5.16 Å². The van der Waals surface area contributed by atoms with E-state index in [1.807, 2.05) is 0 Å². The highest BCUT2D eigenvalue weighted by Crippen LogP contribution is 2.22. The van der Waals surface area contributed by atoms with Crippen molar-refractivity contribution in [2.75, 3.05) is 7.11 Å². The van der Waals surface area contributed by atoms with Crippen LogP contribution >= 0.6 is 0 Å². The van der Waals surface area contributed by atoms with Crippen LogP contribution in [0, 0.1) is 19.7 Å². The lowest BCUT2D eigenvalue weighted by Crippen LogP contribution is -2.09. The maximum Gasteiger partial charge on any atom is 0.342 e. The number of benzene rings is 2. The summed E-state index contributed by atoms with van der Waals surface area (Å²) in [6.45, 7) is 3.30. The molecule has 0 aliphatic heterocycles. The van der Waals surface area contributed by atoms with Gasteiger partial charge in [0.25, 0.3) is 5.89 Å². The first kappa shape index (κ1) is 20.3. The number of carbonyl (C=O) groups is 1. The molecule has 0 amide bonds. The summed E-state index contributed by atoms with van der Waals surface area (Å²) >= 11 is 0. The third-order valence-corrected chi connectivity index (χ3v) is 4.70. The molecule has 4 rings (SSSR count). The van der Waals surface area contributed by atoms with Gasteiger partial charge in [0.15, 0.2) is 6.61 Å². The molecule has 4 aromatic rings. The number of hydrogen-bond acceptors (Lipinski definition) is 7. The first-order valence-corrected chi connectivity index (χ1v) is 9.42. The van der Waals surface area contributed by atoms with Crippen LogP contribution < -0.4 is 4.74 Å². The Bertz CT molecular complexity index is 1210. The number of halogens is 1. The predicted octanol–water partition coefficient (Wildman–Crippen LogP) is 4.04. The van der Waals surface area contributed by atoms with Gasteiger partial charge in [0.05, 0.1) is 24.2 Å². The van der Waals surface area contributed by atoms with Gasteiger partial charge in [0.2, 0.25) is 5.82 Å². The molecule has 2 aromatic carbocycles. The molecule has 2 aromatic heterocycles. The SMILES string of the molecule is COc1ccc(-c2nc(COC(=O)c3c(C)nn(-c4ccc(F)cc4)c3C)no2)cc1. The molecule has 0 aliphatic rings. The van der Waals surface area contributed by atoms with E-state index in [1.54, 1.807) is 62.0 Å². The Morgan fingerprint density at radius 1 is 1.10 bits per heavy atom. The van der Waals surface area contributed by atoms with Crippen LogP contribution in [0.15, 0.2) is 53.1 Å². The average molecular weight is 422 g/mol. The van der Waals surface area contributed by atoms with Gasteiger partial charge < -0.3 is 14.0 Å². The fraction of sp³-hybridized carbons (Fsp3) is 0.182. The number of rotatable bonds is 6. The molecule has 31 heavy (non-hydrogen) atoms. The molecular weight excluding hydrogens is 403 g/mol. The van der Waals surface area contributed by atoms with E-state index in [0.717, 1.165) is 5.56 Å². The van der Waals surface area contributed by atoms with E-state index in [4.69, 9.17) is 14.0 Å². The van der Waals surface area contributed by atoms with Crippen LogP contribution in [0.4, 0.5) is 4.39 Å². The zero-order chi connectivity index (χ0) is 22.0. The summed E-state index contributed by atoms with van der Waals surface area (Å²) in [5.41, 5.74) is 2.78. The Balaban J connectivity index is 1.47. The normalized spacial score (nSPS) is 10.8. The van der Waals surface area contributed by atoms with Crippen molar-refractivity contribution in [1.82, 2.24) is 19.9 Å². The minimum Gasteiger partial charge on any atom is -0.497 e. The molecule has 0 fully saturated rings. The van der Waals surface area contributed by atoms with Crippen molar-refractivity contribution in [1.29, 1.82) is 0 Å². The number of aromatic nitrogens is 4. The molecule has 158 valence electrons. The van der Waals surface area contributed by atoms with Crippen molar-refractivity contribution in [2.45, 2.75) is 20.5 Å². The van der Waals surface area contributed by atoms with Gasteiger partial charge in [0, 0.05) is 5.56 Å². The number of carbonyl (C=O) groups excluding carboxylic acids is 1. The van der Waals surface area contributed by atoms with E-state index >= 15 is 0 Å². The first-order valence-electron chi connectivity index (χ1n) is 9.42. The summed E-state index contributed by atoms with van der Waals surface area (Å²) in [7, 11) is 1.58. The first-order chi connectivity index (χ1) is 15.0. The Morgan fingerprint density at radius 2 is 1.81 bits per heavy atom. The van der Waals surface area contributed by atoms with Crippen LogP contribution in [0.5, 0.6) is 5.75 Å². The molecule has 0 radical (unpaired) electrons. The van der Waals surface area contributed by atoms with E-state index in [9.17, 15) is 9.18 Å². The van der Waals surface area contributed by atoms with E-state index in [2.05, 4.69) is 15.2 Å². The lowest BCUT2D eigenvalue weighted by atomic mass is 10.2. The molecule has 0 spiro atoms. The van der Waals surface area contributed by atoms with Crippen LogP contribution in [0.2, 0.25) is 0 Å². The minimum atomic E-state index is -0.556. The lowest BCUT2D eigenvalue weighted by molar-refractivity contribution is 0.0458. The van der Waals surface area contributed by atoms with E-state index in [1.165, 1.54) is 12.1 Å². The second kappa shape index (κ2) is 8.39. The topological polar surface area (TPSA) is 92.3 Å². The maximum atomic E-state index is 13.2. The number of nitrogens with zero attached hydrogens (tertiary/aromatic N) is 4. The highest BCUT2D eigenvalue weighted by molar-refractivity contribution is 5.92. The van der Waals surface area contributed by atoms with Crippen molar-refractivity contribution in [3.05, 3.63) is 77.1 Å². The molecule has 0 N–H and O–H groups in total. The van der Waals surface area contributed by atoms with Crippen molar-refractivity contribution in [2.24, 2.45) is 0 Å². The lowest BCUT2D eigenvalue weighted by Gasteiger charge is -2.05. The van der Waals surface area contributed by atoms with Gasteiger partial charge in [-0.15, -0.1) is 0 Å². The minimum absolute atomic E-state index is 0.154. The Labute approximate surface area is 177 Å². The third-order valence-electron chi connectivity index (χ3n) is 4.70. The molecule has 0 atom stereocenters. The van der Waals surface area contributed by atoms with Crippen LogP contribution in [0.3, 0.4) is 0 Å². The summed E-state index contributed by atoms with van der Waals surface area (Å²) in [6, 6.07) is 13.0. The molecule has 0 aliphatic carbocycles. The van der Waals surface area contributed by atoms with Crippen LogP contribution in [0.25, 0.3) is 17.1 Å². The number of ether oxygens (including phenoxy) is 2. The van der Waals surface area contributed by atoms with Gasteiger partial charge in [-0.3, -0.25) is 0 Å². The largest absolute Gasteiger partial charge is 0.497 e. The fourth-order valence-electron chi connectivity index (χ4n) is 3.14. The monoisotopic (exact) mass is 422 g/mol. The fourth-order valence-corrected chi connectivity index (χ4v) is 3.14. The summed E-state index contributed by atoms with van der Waals surface area (Å²) < 4.78 is 30.5. The zero-order valence-electron chi connectivity index (χ0n) is 17.1. The third kappa shape index (κ3) is 4.16. The van der Waals surface area contributed by atoms with Gasteiger partial charge in [0.1, 0.15) is 17.1 Å². The van der Waals surface area contributed by atoms with Gasteiger partial charge >= 0.3 is 5.97 Å². The van der Waals surface area contributed by atoms with Crippen molar-refractivity contribution in [3.63, 3.8) is 0 Å². The second-order valence-electron chi connectivity index (χ2n) is 6.75. The molecular formula is C22H19FN4O4. The summed E-state index contributed by atoms with van der Waals surface area (Å²) in [5.74, 6) is 0.355. The van der Waals surface area contributed by atoms with Gasteiger partial charge in [-0.25, -0.2) is 13.9 Å². The molecule has 8 nitrogen and oxygen atoms in total. The standard InChI is InChI=1S/C22H19FN4O4/c1-13-20(14(2)27(25-13)17-8-6-16(23)7-9-17)22(28)30-12-19-24-21(31-26-19)15-4-10-18(29-3)11-5-15/h4-11H,12H2,1-3H3. The van der Waals surface area contributed by atoms with Gasteiger partial charge in [-0.05, 0) is 62.4 Å². The Morgan fingerprint density at radius 3 is 2.48 bits per heavy atom. The number of esters is 1. The highest BCUT2D eigenvalue weighted by atomic mass is 19.1. The molecule has 2 heterocycles. The van der Waals surface area contributed by atoms with Crippen molar-refractivity contribution in [3.8, 4) is 22.9 Å². The molecule has 0 bridgehead atoms. The van der Waals surface area contributed by atoms with Gasteiger partial charge in [-0.2, -0.15) is 10.1 Å². The summed E-state index contributed by atoms with van der Waals surface area (Å²) in [4.78, 5) is 16.9. The van der Waals surface area contributed by atoms with Crippen LogP contribution in [-0.4, -0.2) is 33.0 Å². The number of hydrogen-bond donors (Lipinski definition) is 0. The van der Waals surface area contributed by atoms with E-state index < -0.39 is 5.97 Å². The van der Waals surface area contributed by atoms with E-state index in [0.29, 0.717) is 34.3 Å². The average Bonchev–Trinajstić information content (AvgIpc) is 3.37. The summed E-state index contributed by atoms with van der Waals surface area (Å²) in [6.07, 6.45) is 0. The molecule has 9 heteroatoms. The second-order valence-corrected chi connectivity index (χ2v) is 6.75. The quantitative estimate of drug-likeness (QED) is 0.433. The molecule has 0 saturated carbocycles. The predicted molar refractivity (Wildman–Crippen MR) is 108 cm³/mol.